The molecule has 0 spiro atoms. The molecule has 1 aromatic heterocycles. The van der Waals surface area contributed by atoms with Crippen molar-refractivity contribution in [1.29, 1.82) is 0 Å². The van der Waals surface area contributed by atoms with Crippen molar-refractivity contribution in [2.75, 3.05) is 12.4 Å². The SMILES string of the molecule is COc1ccc(-c2nc(NC(=O)[C@H]3[C@H](C(=O)O)C3(C)C)n[nH]2)cc1. The second-order valence-corrected chi connectivity index (χ2v) is 6.34. The van der Waals surface area contributed by atoms with Gasteiger partial charge in [0.25, 0.3) is 0 Å². The molecule has 0 saturated heterocycles. The number of carbonyl (C=O) groups is 2. The number of carboxylic acid groups (broad SMARTS) is 1. The number of methoxy groups -OCH3 is 1. The van der Waals surface area contributed by atoms with Gasteiger partial charge in [0.15, 0.2) is 5.82 Å². The van der Waals surface area contributed by atoms with E-state index < -0.39 is 23.2 Å². The van der Waals surface area contributed by atoms with E-state index in [0.717, 1.165) is 11.3 Å². The number of anilines is 1. The third kappa shape index (κ3) is 2.70. The summed E-state index contributed by atoms with van der Waals surface area (Å²) in [6.07, 6.45) is 0. The number of nitrogens with zero attached hydrogens (tertiary/aromatic N) is 2. The summed E-state index contributed by atoms with van der Waals surface area (Å²) in [5, 5.41) is 18.4. The van der Waals surface area contributed by atoms with Crippen LogP contribution in [0.25, 0.3) is 11.4 Å². The fourth-order valence-corrected chi connectivity index (χ4v) is 2.97. The molecule has 3 N–H and O–H groups in total. The van der Waals surface area contributed by atoms with Crippen LogP contribution in [0.2, 0.25) is 0 Å². The number of H-pyrrole nitrogens is 1. The lowest BCUT2D eigenvalue weighted by Crippen LogP contribution is -2.18. The summed E-state index contributed by atoms with van der Waals surface area (Å²) in [6.45, 7) is 3.52. The quantitative estimate of drug-likeness (QED) is 0.769. The molecular weight excluding hydrogens is 312 g/mol. The Morgan fingerprint density at radius 2 is 1.92 bits per heavy atom. The zero-order valence-corrected chi connectivity index (χ0v) is 13.5. The first-order valence-corrected chi connectivity index (χ1v) is 7.45. The van der Waals surface area contributed by atoms with Crippen molar-refractivity contribution in [3.05, 3.63) is 24.3 Å². The highest BCUT2D eigenvalue weighted by Crippen LogP contribution is 2.58. The highest BCUT2D eigenvalue weighted by molar-refractivity contribution is 5.98. The van der Waals surface area contributed by atoms with E-state index >= 15 is 0 Å². The van der Waals surface area contributed by atoms with Gasteiger partial charge >= 0.3 is 5.97 Å². The Hall–Kier alpha value is -2.90. The van der Waals surface area contributed by atoms with Gasteiger partial charge in [0.1, 0.15) is 5.75 Å². The zero-order chi connectivity index (χ0) is 17.5. The van der Waals surface area contributed by atoms with Crippen molar-refractivity contribution in [3.63, 3.8) is 0 Å². The van der Waals surface area contributed by atoms with Crippen LogP contribution in [0, 0.1) is 17.3 Å². The predicted octanol–water partition coefficient (Wildman–Crippen LogP) is 1.78. The molecule has 1 aromatic carbocycles. The van der Waals surface area contributed by atoms with Gasteiger partial charge in [-0.1, -0.05) is 13.8 Å². The molecule has 3 rings (SSSR count). The lowest BCUT2D eigenvalue weighted by Gasteiger charge is -2.01. The molecule has 0 bridgehead atoms. The number of amides is 1. The number of aromatic nitrogens is 3. The molecule has 1 heterocycles. The standard InChI is InChI=1S/C16H18N4O4/c1-16(2)10(11(16)14(22)23)13(21)18-15-17-12(19-20-15)8-4-6-9(24-3)7-5-8/h4-7,10-11H,1-3H3,(H,22,23)(H2,17,18,19,20,21)/t10-,11-/m1/s1. The van der Waals surface area contributed by atoms with Crippen LogP contribution in [-0.4, -0.2) is 39.3 Å². The Bertz CT molecular complexity index is 782. The number of hydrogen-bond donors (Lipinski definition) is 3. The first-order chi connectivity index (χ1) is 11.3. The van der Waals surface area contributed by atoms with E-state index in [1.165, 1.54) is 0 Å². The Morgan fingerprint density at radius 3 is 2.46 bits per heavy atom. The molecule has 0 unspecified atom stereocenters. The Labute approximate surface area is 138 Å². The molecule has 126 valence electrons. The maximum Gasteiger partial charge on any atom is 0.307 e. The van der Waals surface area contributed by atoms with Crippen molar-refractivity contribution in [2.24, 2.45) is 17.3 Å². The minimum atomic E-state index is -0.964. The second kappa shape index (κ2) is 5.63. The fourth-order valence-electron chi connectivity index (χ4n) is 2.97. The van der Waals surface area contributed by atoms with Crippen molar-refractivity contribution >= 4 is 17.8 Å². The van der Waals surface area contributed by atoms with E-state index in [4.69, 9.17) is 9.84 Å². The molecule has 24 heavy (non-hydrogen) atoms. The van der Waals surface area contributed by atoms with Gasteiger partial charge < -0.3 is 9.84 Å². The van der Waals surface area contributed by atoms with Crippen LogP contribution in [0.5, 0.6) is 5.75 Å². The molecule has 2 aromatic rings. The smallest absolute Gasteiger partial charge is 0.307 e. The number of aliphatic carboxylic acids is 1. The summed E-state index contributed by atoms with van der Waals surface area (Å²) < 4.78 is 5.09. The summed E-state index contributed by atoms with van der Waals surface area (Å²) in [5.41, 5.74) is 0.226. The molecule has 0 aliphatic heterocycles. The van der Waals surface area contributed by atoms with Crippen LogP contribution in [0.15, 0.2) is 24.3 Å². The summed E-state index contributed by atoms with van der Waals surface area (Å²) in [4.78, 5) is 27.6. The molecule has 1 aliphatic rings. The van der Waals surface area contributed by atoms with Gasteiger partial charge in [0, 0.05) is 5.56 Å². The maximum absolute atomic E-state index is 12.2. The normalized spacial score (nSPS) is 21.1. The molecule has 8 heteroatoms. The van der Waals surface area contributed by atoms with Crippen LogP contribution in [-0.2, 0) is 9.59 Å². The van der Waals surface area contributed by atoms with E-state index in [1.54, 1.807) is 33.1 Å². The lowest BCUT2D eigenvalue weighted by molar-refractivity contribution is -0.140. The first-order valence-electron chi connectivity index (χ1n) is 7.45. The van der Waals surface area contributed by atoms with Gasteiger partial charge in [-0.3, -0.25) is 20.0 Å². The Kier molecular flexibility index (Phi) is 3.75. The molecule has 0 radical (unpaired) electrons. The van der Waals surface area contributed by atoms with E-state index in [-0.39, 0.29) is 11.9 Å². The van der Waals surface area contributed by atoms with Crippen LogP contribution in [0.3, 0.4) is 0 Å². The summed E-state index contributed by atoms with van der Waals surface area (Å²) in [5.74, 6) is -1.27. The number of aromatic amines is 1. The largest absolute Gasteiger partial charge is 0.497 e. The van der Waals surface area contributed by atoms with Gasteiger partial charge in [-0.05, 0) is 29.7 Å². The molecule has 1 saturated carbocycles. The van der Waals surface area contributed by atoms with Crippen molar-refractivity contribution in [2.45, 2.75) is 13.8 Å². The molecule has 8 nitrogen and oxygen atoms in total. The van der Waals surface area contributed by atoms with Crippen LogP contribution in [0.4, 0.5) is 5.95 Å². The van der Waals surface area contributed by atoms with Crippen LogP contribution >= 0.6 is 0 Å². The zero-order valence-electron chi connectivity index (χ0n) is 13.5. The summed E-state index contributed by atoms with van der Waals surface area (Å²) >= 11 is 0. The van der Waals surface area contributed by atoms with Crippen LogP contribution < -0.4 is 10.1 Å². The monoisotopic (exact) mass is 330 g/mol. The van der Waals surface area contributed by atoms with Gasteiger partial charge in [0.05, 0.1) is 18.9 Å². The van der Waals surface area contributed by atoms with Crippen molar-refractivity contribution in [3.8, 4) is 17.1 Å². The van der Waals surface area contributed by atoms with E-state index in [9.17, 15) is 9.59 Å². The van der Waals surface area contributed by atoms with E-state index in [2.05, 4.69) is 20.5 Å². The van der Waals surface area contributed by atoms with Gasteiger partial charge in [-0.15, -0.1) is 5.10 Å². The molecular formula is C16H18N4O4. The lowest BCUT2D eigenvalue weighted by atomic mass is 10.1. The van der Waals surface area contributed by atoms with Crippen molar-refractivity contribution in [1.82, 2.24) is 15.2 Å². The van der Waals surface area contributed by atoms with Gasteiger partial charge in [-0.25, -0.2) is 0 Å². The number of carboxylic acids is 1. The third-order valence-electron chi connectivity index (χ3n) is 4.46. The number of hydrogen-bond acceptors (Lipinski definition) is 5. The number of benzene rings is 1. The van der Waals surface area contributed by atoms with Gasteiger partial charge in [0.2, 0.25) is 11.9 Å². The minimum Gasteiger partial charge on any atom is -0.497 e. The minimum absolute atomic E-state index is 0.123. The molecule has 1 fully saturated rings. The first kappa shape index (κ1) is 16.0. The number of nitrogens with one attached hydrogen (secondary N) is 2. The average molecular weight is 330 g/mol. The Balaban J connectivity index is 1.70. The van der Waals surface area contributed by atoms with E-state index in [0.29, 0.717) is 5.82 Å². The highest BCUT2D eigenvalue weighted by Gasteiger charge is 2.66. The molecule has 1 amide bonds. The van der Waals surface area contributed by atoms with Gasteiger partial charge in [-0.2, -0.15) is 4.98 Å². The number of ether oxygens (including phenoxy) is 1. The number of carbonyl (C=O) groups excluding carboxylic acids is 1. The molecule has 2 atom stereocenters. The highest BCUT2D eigenvalue weighted by atomic mass is 16.5. The second-order valence-electron chi connectivity index (χ2n) is 6.34. The topological polar surface area (TPSA) is 117 Å². The third-order valence-corrected chi connectivity index (χ3v) is 4.46. The number of rotatable bonds is 5. The van der Waals surface area contributed by atoms with Crippen molar-refractivity contribution < 1.29 is 19.4 Å². The van der Waals surface area contributed by atoms with Crippen LogP contribution in [0.1, 0.15) is 13.8 Å². The maximum atomic E-state index is 12.2. The summed E-state index contributed by atoms with van der Waals surface area (Å²) in [7, 11) is 1.58. The average Bonchev–Trinajstić information content (AvgIpc) is 2.89. The fraction of sp³-hybridized carbons (Fsp3) is 0.375. The predicted molar refractivity (Wildman–Crippen MR) is 85.4 cm³/mol. The Morgan fingerprint density at radius 1 is 1.25 bits per heavy atom. The summed E-state index contributed by atoms with van der Waals surface area (Å²) in [6, 6.07) is 7.21. The van der Waals surface area contributed by atoms with E-state index in [1.807, 2.05) is 12.1 Å². The molecule has 1 aliphatic carbocycles.